The number of hydrogen-bond donors (Lipinski definition) is 2. The number of piperazine rings is 1. The van der Waals surface area contributed by atoms with Crippen LogP contribution in [0.5, 0.6) is 0 Å². The Labute approximate surface area is 225 Å². The highest BCUT2D eigenvalue weighted by Gasteiger charge is 2.35. The van der Waals surface area contributed by atoms with Crippen LogP contribution in [0.15, 0.2) is 72.8 Å². The SMILES string of the molecule is CC(=O)N1CCN(CC(=O)NCC2(Nc3cccc4ccccc34)CCN(Cc3ccccc3)CC2)CC1. The Morgan fingerprint density at radius 3 is 2.21 bits per heavy atom. The second-order valence-corrected chi connectivity index (χ2v) is 10.8. The minimum absolute atomic E-state index is 0.0482. The zero-order chi connectivity index (χ0) is 26.4. The van der Waals surface area contributed by atoms with Crippen LogP contribution in [0.2, 0.25) is 0 Å². The molecule has 7 heteroatoms. The molecule has 2 saturated heterocycles. The number of hydrogen-bond acceptors (Lipinski definition) is 5. The summed E-state index contributed by atoms with van der Waals surface area (Å²) in [6, 6.07) is 25.5. The van der Waals surface area contributed by atoms with Gasteiger partial charge in [-0.25, -0.2) is 0 Å². The minimum atomic E-state index is -0.222. The van der Waals surface area contributed by atoms with Crippen LogP contribution >= 0.6 is 0 Å². The summed E-state index contributed by atoms with van der Waals surface area (Å²) in [5.41, 5.74) is 2.23. The van der Waals surface area contributed by atoms with Crippen molar-refractivity contribution in [2.45, 2.75) is 31.8 Å². The summed E-state index contributed by atoms with van der Waals surface area (Å²) in [6.07, 6.45) is 1.89. The van der Waals surface area contributed by atoms with Crippen LogP contribution in [0.4, 0.5) is 5.69 Å². The van der Waals surface area contributed by atoms with Crippen molar-refractivity contribution in [1.29, 1.82) is 0 Å². The number of rotatable bonds is 8. The molecule has 0 spiro atoms. The standard InChI is InChI=1S/C31H39N5O2/c1-25(37)36-20-18-35(19-21-36)23-30(38)32-24-31(33-29-13-7-11-27-10-5-6-12-28(27)29)14-16-34(17-15-31)22-26-8-3-2-4-9-26/h2-13,33H,14-24H2,1H3,(H,32,38). The molecule has 200 valence electrons. The molecule has 0 atom stereocenters. The van der Waals surface area contributed by atoms with Gasteiger partial charge in [0.25, 0.3) is 0 Å². The molecule has 0 saturated carbocycles. The van der Waals surface area contributed by atoms with Crippen LogP contribution in [-0.4, -0.2) is 84.4 Å². The maximum absolute atomic E-state index is 13.0. The van der Waals surface area contributed by atoms with Gasteiger partial charge < -0.3 is 15.5 Å². The monoisotopic (exact) mass is 513 g/mol. The van der Waals surface area contributed by atoms with E-state index in [-0.39, 0.29) is 17.4 Å². The number of fused-ring (bicyclic) bond motifs is 1. The summed E-state index contributed by atoms with van der Waals surface area (Å²) in [4.78, 5) is 31.1. The Kier molecular flexibility index (Phi) is 8.25. The van der Waals surface area contributed by atoms with Gasteiger partial charge in [0.1, 0.15) is 0 Å². The highest BCUT2D eigenvalue weighted by molar-refractivity contribution is 5.94. The van der Waals surface area contributed by atoms with Crippen LogP contribution in [0.3, 0.4) is 0 Å². The molecular weight excluding hydrogens is 474 g/mol. The number of benzene rings is 3. The van der Waals surface area contributed by atoms with Crippen LogP contribution in [0.1, 0.15) is 25.3 Å². The number of carbonyl (C=O) groups excluding carboxylic acids is 2. The number of nitrogens with zero attached hydrogens (tertiary/aromatic N) is 3. The maximum Gasteiger partial charge on any atom is 0.234 e. The largest absolute Gasteiger partial charge is 0.377 e. The molecule has 0 radical (unpaired) electrons. The topological polar surface area (TPSA) is 67.9 Å². The first-order chi connectivity index (χ1) is 18.5. The third-order valence-corrected chi connectivity index (χ3v) is 8.06. The maximum atomic E-state index is 13.0. The van der Waals surface area contributed by atoms with Gasteiger partial charge in [-0.2, -0.15) is 0 Å². The van der Waals surface area contributed by atoms with E-state index >= 15 is 0 Å². The second-order valence-electron chi connectivity index (χ2n) is 10.8. The lowest BCUT2D eigenvalue weighted by Crippen LogP contribution is -2.56. The van der Waals surface area contributed by atoms with Gasteiger partial charge in [0.15, 0.2) is 0 Å². The molecule has 3 aromatic carbocycles. The van der Waals surface area contributed by atoms with Gasteiger partial charge >= 0.3 is 0 Å². The summed E-state index contributed by atoms with van der Waals surface area (Å²) in [6.45, 7) is 8.29. The highest BCUT2D eigenvalue weighted by Crippen LogP contribution is 2.31. The smallest absolute Gasteiger partial charge is 0.234 e. The van der Waals surface area contributed by atoms with Crippen LogP contribution in [0.25, 0.3) is 10.8 Å². The molecule has 2 heterocycles. The summed E-state index contributed by atoms with van der Waals surface area (Å²) < 4.78 is 0. The Morgan fingerprint density at radius 1 is 0.789 bits per heavy atom. The predicted octanol–water partition coefficient (Wildman–Crippen LogP) is 3.57. The van der Waals surface area contributed by atoms with E-state index in [1.807, 2.05) is 4.90 Å². The van der Waals surface area contributed by atoms with Crippen LogP contribution in [0, 0.1) is 0 Å². The average molecular weight is 514 g/mol. The zero-order valence-electron chi connectivity index (χ0n) is 22.4. The molecule has 5 rings (SSSR count). The molecule has 2 N–H and O–H groups in total. The molecular formula is C31H39N5O2. The van der Waals surface area contributed by atoms with E-state index in [1.165, 1.54) is 16.3 Å². The van der Waals surface area contributed by atoms with Gasteiger partial charge in [-0.1, -0.05) is 66.7 Å². The first kappa shape index (κ1) is 26.2. The van der Waals surface area contributed by atoms with Crippen molar-refractivity contribution in [3.8, 4) is 0 Å². The van der Waals surface area contributed by atoms with E-state index in [0.29, 0.717) is 26.2 Å². The van der Waals surface area contributed by atoms with E-state index in [4.69, 9.17) is 0 Å². The highest BCUT2D eigenvalue weighted by atomic mass is 16.2. The Morgan fingerprint density at radius 2 is 1.47 bits per heavy atom. The number of piperidine rings is 1. The number of carbonyl (C=O) groups is 2. The van der Waals surface area contributed by atoms with Crippen LogP contribution in [-0.2, 0) is 16.1 Å². The Balaban J connectivity index is 1.25. The molecule has 0 bridgehead atoms. The van der Waals surface area contributed by atoms with Crippen molar-refractivity contribution in [3.05, 3.63) is 78.4 Å². The Bertz CT molecular complexity index is 1230. The fourth-order valence-electron chi connectivity index (χ4n) is 5.69. The number of anilines is 1. The fraction of sp³-hybridized carbons (Fsp3) is 0.419. The van der Waals surface area contributed by atoms with E-state index < -0.39 is 0 Å². The van der Waals surface area contributed by atoms with E-state index in [1.54, 1.807) is 6.92 Å². The summed E-state index contributed by atoms with van der Waals surface area (Å²) in [7, 11) is 0. The van der Waals surface area contributed by atoms with E-state index in [2.05, 4.69) is 93.2 Å². The molecule has 2 aliphatic rings. The molecule has 0 aromatic heterocycles. The fourth-order valence-corrected chi connectivity index (χ4v) is 5.69. The quantitative estimate of drug-likeness (QED) is 0.482. The number of likely N-dealkylation sites (tertiary alicyclic amines) is 1. The van der Waals surface area contributed by atoms with Gasteiger partial charge in [0.05, 0.1) is 12.1 Å². The molecule has 2 fully saturated rings. The van der Waals surface area contributed by atoms with Crippen molar-refractivity contribution in [2.75, 3.05) is 57.7 Å². The van der Waals surface area contributed by atoms with Crippen LogP contribution < -0.4 is 10.6 Å². The first-order valence-electron chi connectivity index (χ1n) is 13.8. The predicted molar refractivity (Wildman–Crippen MR) is 153 cm³/mol. The minimum Gasteiger partial charge on any atom is -0.377 e. The Hall–Kier alpha value is -3.42. The lowest BCUT2D eigenvalue weighted by molar-refractivity contribution is -0.131. The average Bonchev–Trinajstić information content (AvgIpc) is 2.94. The summed E-state index contributed by atoms with van der Waals surface area (Å²) in [5.74, 6) is 0.154. The second kappa shape index (κ2) is 12.0. The van der Waals surface area contributed by atoms with Gasteiger partial charge in [-0.05, 0) is 29.9 Å². The molecule has 38 heavy (non-hydrogen) atoms. The molecule has 2 aliphatic heterocycles. The third kappa shape index (κ3) is 6.52. The first-order valence-corrected chi connectivity index (χ1v) is 13.8. The number of nitrogens with one attached hydrogen (secondary N) is 2. The van der Waals surface area contributed by atoms with Crippen molar-refractivity contribution in [2.24, 2.45) is 0 Å². The van der Waals surface area contributed by atoms with Gasteiger partial charge in [-0.3, -0.25) is 19.4 Å². The van der Waals surface area contributed by atoms with Gasteiger partial charge in [-0.15, -0.1) is 0 Å². The van der Waals surface area contributed by atoms with Crippen molar-refractivity contribution >= 4 is 28.3 Å². The lowest BCUT2D eigenvalue weighted by atomic mass is 9.86. The molecule has 3 aromatic rings. The van der Waals surface area contributed by atoms with Gasteiger partial charge in [0.2, 0.25) is 11.8 Å². The van der Waals surface area contributed by atoms with Crippen molar-refractivity contribution in [1.82, 2.24) is 20.0 Å². The molecule has 7 nitrogen and oxygen atoms in total. The summed E-state index contributed by atoms with van der Waals surface area (Å²) >= 11 is 0. The van der Waals surface area contributed by atoms with Crippen molar-refractivity contribution < 1.29 is 9.59 Å². The normalized spacial score (nSPS) is 18.3. The number of amides is 2. The van der Waals surface area contributed by atoms with E-state index in [0.717, 1.165) is 51.3 Å². The zero-order valence-corrected chi connectivity index (χ0v) is 22.4. The molecule has 0 aliphatic carbocycles. The third-order valence-electron chi connectivity index (χ3n) is 8.06. The lowest BCUT2D eigenvalue weighted by Gasteiger charge is -2.43. The van der Waals surface area contributed by atoms with E-state index in [9.17, 15) is 9.59 Å². The summed E-state index contributed by atoms with van der Waals surface area (Å²) in [5, 5.41) is 9.58. The van der Waals surface area contributed by atoms with Crippen molar-refractivity contribution in [3.63, 3.8) is 0 Å². The molecule has 0 unspecified atom stereocenters. The molecule has 2 amide bonds. The van der Waals surface area contributed by atoms with Gasteiger partial charge in [0, 0.05) is 70.4 Å².